The molecule has 1 aromatic rings. The van der Waals surface area contributed by atoms with Gasteiger partial charge in [0, 0.05) is 10.8 Å². The summed E-state index contributed by atoms with van der Waals surface area (Å²) >= 11 is 1.80. The molecule has 0 saturated heterocycles. The Kier molecular flexibility index (Phi) is 3.97. The van der Waals surface area contributed by atoms with Gasteiger partial charge in [-0.1, -0.05) is 44.4 Å². The van der Waals surface area contributed by atoms with Crippen molar-refractivity contribution in [3.8, 4) is 0 Å². The number of hydrogen-bond acceptors (Lipinski definition) is 2. The highest BCUT2D eigenvalue weighted by Gasteiger charge is 2.36. The van der Waals surface area contributed by atoms with Crippen molar-refractivity contribution in [2.24, 2.45) is 11.8 Å². The third kappa shape index (κ3) is 2.60. The van der Waals surface area contributed by atoms with Gasteiger partial charge in [0.2, 0.25) is 0 Å². The van der Waals surface area contributed by atoms with Gasteiger partial charge in [0.25, 0.3) is 0 Å². The molecular formula is C17H22OS. The van der Waals surface area contributed by atoms with Crippen molar-refractivity contribution in [3.05, 3.63) is 29.8 Å². The Morgan fingerprint density at radius 2 is 2.05 bits per heavy atom. The highest BCUT2D eigenvalue weighted by atomic mass is 32.2. The normalized spacial score (nSPS) is 30.1. The van der Waals surface area contributed by atoms with Crippen molar-refractivity contribution in [1.29, 1.82) is 0 Å². The van der Waals surface area contributed by atoms with Gasteiger partial charge in [-0.15, -0.1) is 11.8 Å². The molecule has 3 unspecified atom stereocenters. The van der Waals surface area contributed by atoms with Gasteiger partial charge in [-0.3, -0.25) is 4.79 Å². The number of thioether (sulfide) groups is 1. The Morgan fingerprint density at radius 1 is 1.26 bits per heavy atom. The van der Waals surface area contributed by atoms with Crippen LogP contribution in [0.3, 0.4) is 0 Å². The third-order valence-corrected chi connectivity index (χ3v) is 6.10. The molecule has 19 heavy (non-hydrogen) atoms. The molecule has 0 radical (unpaired) electrons. The van der Waals surface area contributed by atoms with Crippen LogP contribution in [0.4, 0.5) is 0 Å². The smallest absolute Gasteiger partial charge is 0.149 e. The molecular weight excluding hydrogens is 252 g/mol. The van der Waals surface area contributed by atoms with Crippen molar-refractivity contribution in [2.75, 3.05) is 0 Å². The first-order valence-corrected chi connectivity index (χ1v) is 8.46. The maximum atomic E-state index is 12.8. The van der Waals surface area contributed by atoms with Gasteiger partial charge in [-0.25, -0.2) is 0 Å². The molecule has 1 nitrogen and oxygen atoms in total. The van der Waals surface area contributed by atoms with E-state index < -0.39 is 0 Å². The molecule has 0 spiro atoms. The number of benzene rings is 1. The fourth-order valence-corrected chi connectivity index (χ4v) is 4.97. The average molecular weight is 274 g/mol. The molecule has 1 aliphatic heterocycles. The Balaban J connectivity index is 1.72. The van der Waals surface area contributed by atoms with Gasteiger partial charge in [0.15, 0.2) is 0 Å². The standard InChI is InChI=1S/C17H22OS/c1-2-12-7-3-5-9-14(12)17(18)16-11-13-8-4-6-10-15(13)19-16/h4,6,8,10,12,14,16H,2-3,5,7,9,11H2,1H3. The maximum absolute atomic E-state index is 12.8. The number of carbonyl (C=O) groups is 1. The quantitative estimate of drug-likeness (QED) is 0.808. The summed E-state index contributed by atoms with van der Waals surface area (Å²) in [6, 6.07) is 8.50. The molecule has 0 amide bonds. The summed E-state index contributed by atoms with van der Waals surface area (Å²) in [5.74, 6) is 1.52. The number of carbonyl (C=O) groups excluding carboxylic acids is 1. The van der Waals surface area contributed by atoms with Crippen LogP contribution in [0.2, 0.25) is 0 Å². The van der Waals surface area contributed by atoms with Crippen molar-refractivity contribution in [3.63, 3.8) is 0 Å². The van der Waals surface area contributed by atoms with E-state index in [2.05, 4.69) is 31.2 Å². The Labute approximate surface area is 120 Å². The summed E-state index contributed by atoms with van der Waals surface area (Å²) < 4.78 is 0. The topological polar surface area (TPSA) is 17.1 Å². The highest BCUT2D eigenvalue weighted by Crippen LogP contribution is 2.42. The van der Waals surface area contributed by atoms with Crippen LogP contribution < -0.4 is 0 Å². The first-order chi connectivity index (χ1) is 9.29. The summed E-state index contributed by atoms with van der Waals surface area (Å²) in [4.78, 5) is 14.1. The Bertz CT molecular complexity index is 443. The van der Waals surface area contributed by atoms with E-state index in [0.29, 0.717) is 17.6 Å². The SMILES string of the molecule is CCC1CCCCC1C(=O)C1Cc2ccccc2S1. The second kappa shape index (κ2) is 5.70. The van der Waals surface area contributed by atoms with Gasteiger partial charge in [0.05, 0.1) is 5.25 Å². The molecule has 1 saturated carbocycles. The lowest BCUT2D eigenvalue weighted by molar-refractivity contribution is -0.125. The lowest BCUT2D eigenvalue weighted by Crippen LogP contribution is -2.33. The molecule has 2 heteroatoms. The first kappa shape index (κ1) is 13.2. The average Bonchev–Trinajstić information content (AvgIpc) is 2.90. The molecule has 1 aromatic carbocycles. The molecule has 102 valence electrons. The third-order valence-electron chi connectivity index (χ3n) is 4.76. The zero-order valence-corrected chi connectivity index (χ0v) is 12.4. The molecule has 0 N–H and O–H groups in total. The van der Waals surface area contributed by atoms with Crippen LogP contribution in [-0.2, 0) is 11.2 Å². The van der Waals surface area contributed by atoms with Gasteiger partial charge >= 0.3 is 0 Å². The number of ketones is 1. The molecule has 3 atom stereocenters. The van der Waals surface area contributed by atoms with E-state index in [4.69, 9.17) is 0 Å². The Hall–Kier alpha value is -0.760. The predicted octanol–water partition coefficient (Wildman–Crippen LogP) is 4.49. The fraction of sp³-hybridized carbons (Fsp3) is 0.588. The minimum absolute atomic E-state index is 0.189. The molecule has 0 bridgehead atoms. The largest absolute Gasteiger partial charge is 0.298 e. The van der Waals surface area contributed by atoms with Crippen LogP contribution in [0.15, 0.2) is 29.2 Å². The van der Waals surface area contributed by atoms with Crippen molar-refractivity contribution >= 4 is 17.5 Å². The summed E-state index contributed by atoms with van der Waals surface area (Å²) in [5.41, 5.74) is 1.37. The molecule has 1 aliphatic carbocycles. The number of Topliss-reactive ketones (excluding diaryl/α,β-unsaturated/α-hetero) is 1. The summed E-state index contributed by atoms with van der Waals surface area (Å²) in [7, 11) is 0. The lowest BCUT2D eigenvalue weighted by Gasteiger charge is -2.31. The fourth-order valence-electron chi connectivity index (χ4n) is 3.65. The molecule has 2 aliphatic rings. The second-order valence-electron chi connectivity index (χ2n) is 5.88. The molecule has 3 rings (SSSR count). The van der Waals surface area contributed by atoms with E-state index in [-0.39, 0.29) is 5.25 Å². The van der Waals surface area contributed by atoms with E-state index in [1.54, 1.807) is 11.8 Å². The van der Waals surface area contributed by atoms with E-state index >= 15 is 0 Å². The van der Waals surface area contributed by atoms with Crippen LogP contribution >= 0.6 is 11.8 Å². The zero-order chi connectivity index (χ0) is 13.2. The highest BCUT2D eigenvalue weighted by molar-refractivity contribution is 8.01. The molecule has 1 fully saturated rings. The van der Waals surface area contributed by atoms with Crippen molar-refractivity contribution in [2.45, 2.75) is 55.6 Å². The van der Waals surface area contributed by atoms with E-state index in [9.17, 15) is 4.79 Å². The predicted molar refractivity (Wildman–Crippen MR) is 80.5 cm³/mol. The van der Waals surface area contributed by atoms with E-state index in [1.807, 2.05) is 0 Å². The molecule has 1 heterocycles. The first-order valence-electron chi connectivity index (χ1n) is 7.58. The van der Waals surface area contributed by atoms with Gasteiger partial charge in [0.1, 0.15) is 5.78 Å². The van der Waals surface area contributed by atoms with Gasteiger partial charge < -0.3 is 0 Å². The number of fused-ring (bicyclic) bond motifs is 1. The summed E-state index contributed by atoms with van der Waals surface area (Å²) in [6.07, 6.45) is 7.08. The van der Waals surface area contributed by atoms with Crippen LogP contribution in [0, 0.1) is 11.8 Å². The maximum Gasteiger partial charge on any atom is 0.149 e. The van der Waals surface area contributed by atoms with Gasteiger partial charge in [-0.05, 0) is 36.8 Å². The van der Waals surface area contributed by atoms with Crippen LogP contribution in [-0.4, -0.2) is 11.0 Å². The van der Waals surface area contributed by atoms with Crippen molar-refractivity contribution in [1.82, 2.24) is 0 Å². The Morgan fingerprint density at radius 3 is 2.84 bits per heavy atom. The lowest BCUT2D eigenvalue weighted by atomic mass is 9.74. The van der Waals surface area contributed by atoms with Crippen LogP contribution in [0.5, 0.6) is 0 Å². The van der Waals surface area contributed by atoms with Crippen LogP contribution in [0.25, 0.3) is 0 Å². The second-order valence-corrected chi connectivity index (χ2v) is 7.12. The summed E-state index contributed by atoms with van der Waals surface area (Å²) in [6.45, 7) is 2.24. The van der Waals surface area contributed by atoms with E-state index in [0.717, 1.165) is 12.8 Å². The number of hydrogen-bond donors (Lipinski definition) is 0. The number of rotatable bonds is 3. The zero-order valence-electron chi connectivity index (χ0n) is 11.6. The minimum Gasteiger partial charge on any atom is -0.298 e. The van der Waals surface area contributed by atoms with Crippen LogP contribution in [0.1, 0.15) is 44.6 Å². The summed E-state index contributed by atoms with van der Waals surface area (Å²) in [5, 5.41) is 0.189. The minimum atomic E-state index is 0.189. The van der Waals surface area contributed by atoms with Crippen molar-refractivity contribution < 1.29 is 4.79 Å². The van der Waals surface area contributed by atoms with E-state index in [1.165, 1.54) is 36.1 Å². The van der Waals surface area contributed by atoms with Gasteiger partial charge in [-0.2, -0.15) is 0 Å². The molecule has 0 aromatic heterocycles. The monoisotopic (exact) mass is 274 g/mol.